The molecule has 0 saturated heterocycles. The quantitative estimate of drug-likeness (QED) is 0.117. The number of halogens is 2. The lowest BCUT2D eigenvalue weighted by atomic mass is 9.96. The fraction of sp³-hybridized carbons (Fsp3) is 0.194. The van der Waals surface area contributed by atoms with Crippen LogP contribution in [0, 0.1) is 3.57 Å². The highest BCUT2D eigenvalue weighted by Crippen LogP contribution is 2.33. The van der Waals surface area contributed by atoms with Crippen molar-refractivity contribution in [3.63, 3.8) is 0 Å². The third-order valence-electron chi connectivity index (χ3n) is 7.60. The van der Waals surface area contributed by atoms with Gasteiger partial charge in [0.2, 0.25) is 0 Å². The molecule has 7 nitrogen and oxygen atoms in total. The number of rotatable bonds is 9. The predicted molar refractivity (Wildman–Crippen MR) is 190 cm³/mol. The first-order valence-corrected chi connectivity index (χ1v) is 17.1. The van der Waals surface area contributed by atoms with Gasteiger partial charge in [0, 0.05) is 10.6 Å². The minimum Gasteiger partial charge on any atom is -0.494 e. The highest BCUT2D eigenvalue weighted by molar-refractivity contribution is 14.1. The van der Waals surface area contributed by atoms with E-state index in [1.165, 1.54) is 11.3 Å². The third-order valence-corrected chi connectivity index (χ3v) is 9.60. The van der Waals surface area contributed by atoms with Gasteiger partial charge < -0.3 is 14.2 Å². The van der Waals surface area contributed by atoms with Crippen LogP contribution in [0.15, 0.2) is 99.9 Å². The van der Waals surface area contributed by atoms with E-state index in [0.717, 1.165) is 25.5 Å². The lowest BCUT2D eigenvalue weighted by molar-refractivity contribution is -0.139. The van der Waals surface area contributed by atoms with E-state index in [1.54, 1.807) is 30.6 Å². The smallest absolute Gasteiger partial charge is 0.338 e. The molecule has 1 aromatic heterocycles. The number of hydrogen-bond donors (Lipinski definition) is 0. The Kier molecular flexibility index (Phi) is 9.62. The van der Waals surface area contributed by atoms with E-state index < -0.39 is 12.0 Å². The molecule has 0 spiro atoms. The van der Waals surface area contributed by atoms with E-state index in [9.17, 15) is 9.59 Å². The van der Waals surface area contributed by atoms with Crippen LogP contribution in [-0.4, -0.2) is 23.8 Å². The van der Waals surface area contributed by atoms with Crippen LogP contribution in [0.5, 0.6) is 11.5 Å². The molecular formula is C36H30ClIN2O5S. The van der Waals surface area contributed by atoms with Crippen LogP contribution < -0.4 is 24.4 Å². The van der Waals surface area contributed by atoms with Crippen LogP contribution in [0.2, 0.25) is 5.02 Å². The number of ether oxygens (including phenoxy) is 3. The van der Waals surface area contributed by atoms with E-state index in [1.807, 2.05) is 61.5 Å². The average Bonchev–Trinajstić information content (AvgIpc) is 3.34. The number of fused-ring (bicyclic) bond motifs is 2. The van der Waals surface area contributed by atoms with Crippen molar-refractivity contribution in [2.75, 3.05) is 13.2 Å². The summed E-state index contributed by atoms with van der Waals surface area (Å²) >= 11 is 9.97. The number of aromatic nitrogens is 1. The van der Waals surface area contributed by atoms with Gasteiger partial charge in [-0.05, 0) is 95.6 Å². The fourth-order valence-corrected chi connectivity index (χ4v) is 7.82. The molecule has 10 heteroatoms. The second-order valence-corrected chi connectivity index (χ2v) is 13.1. The zero-order valence-electron chi connectivity index (χ0n) is 25.4. The Morgan fingerprint density at radius 2 is 1.78 bits per heavy atom. The number of carbonyl (C=O) groups is 1. The molecule has 0 unspecified atom stereocenters. The SMILES string of the molecule is CCOC(=O)C1=C(C)N=c2s/c(=C\c3cc(Cl)cc(I)c3OCc3cccc4ccccc34)c(=O)n2[C@H]1c1ccc(OCC)cc1. The zero-order valence-corrected chi connectivity index (χ0v) is 29.1. The van der Waals surface area contributed by atoms with Crippen LogP contribution in [0.4, 0.5) is 0 Å². The van der Waals surface area contributed by atoms with Crippen molar-refractivity contribution < 1.29 is 19.0 Å². The van der Waals surface area contributed by atoms with Crippen LogP contribution in [0.3, 0.4) is 0 Å². The van der Waals surface area contributed by atoms with E-state index in [2.05, 4.69) is 40.8 Å². The maximum atomic E-state index is 14.2. The summed E-state index contributed by atoms with van der Waals surface area (Å²) in [7, 11) is 0. The first-order chi connectivity index (χ1) is 22.3. The average molecular weight is 765 g/mol. The molecule has 0 saturated carbocycles. The number of nitrogens with zero attached hydrogens (tertiary/aromatic N) is 2. The van der Waals surface area contributed by atoms with Crippen LogP contribution in [0.1, 0.15) is 43.5 Å². The summed E-state index contributed by atoms with van der Waals surface area (Å²) in [4.78, 5) is 32.6. The summed E-state index contributed by atoms with van der Waals surface area (Å²) in [6.07, 6.45) is 1.79. The van der Waals surface area contributed by atoms with Gasteiger partial charge >= 0.3 is 5.97 Å². The van der Waals surface area contributed by atoms with Crippen LogP contribution in [-0.2, 0) is 16.1 Å². The Balaban J connectivity index is 1.45. The van der Waals surface area contributed by atoms with Gasteiger partial charge in [-0.15, -0.1) is 0 Å². The number of thiazole rings is 1. The van der Waals surface area contributed by atoms with Crippen molar-refractivity contribution >= 4 is 68.3 Å². The molecule has 0 bridgehead atoms. The Hall–Kier alpha value is -3.93. The predicted octanol–water partition coefficient (Wildman–Crippen LogP) is 7.19. The molecule has 234 valence electrons. The molecule has 0 aliphatic carbocycles. The second-order valence-electron chi connectivity index (χ2n) is 10.5. The number of benzene rings is 4. The summed E-state index contributed by atoms with van der Waals surface area (Å²) in [5.74, 6) is 0.810. The van der Waals surface area contributed by atoms with Crippen molar-refractivity contribution in [1.82, 2.24) is 4.57 Å². The molecule has 4 aromatic carbocycles. The van der Waals surface area contributed by atoms with Crippen LogP contribution in [0.25, 0.3) is 16.8 Å². The first-order valence-electron chi connectivity index (χ1n) is 14.8. The molecule has 0 N–H and O–H groups in total. The highest BCUT2D eigenvalue weighted by Gasteiger charge is 2.33. The number of esters is 1. The zero-order chi connectivity index (χ0) is 32.4. The molecule has 0 radical (unpaired) electrons. The number of hydrogen-bond acceptors (Lipinski definition) is 7. The van der Waals surface area contributed by atoms with Gasteiger partial charge in [0.15, 0.2) is 4.80 Å². The molecule has 1 atom stereocenters. The van der Waals surface area contributed by atoms with Gasteiger partial charge in [0.25, 0.3) is 5.56 Å². The second kappa shape index (κ2) is 13.8. The Bertz CT molecular complexity index is 2170. The summed E-state index contributed by atoms with van der Waals surface area (Å²) in [6.45, 7) is 6.49. The maximum absolute atomic E-state index is 14.2. The van der Waals surface area contributed by atoms with E-state index in [-0.39, 0.29) is 12.2 Å². The first kappa shape index (κ1) is 32.0. The van der Waals surface area contributed by atoms with Crippen molar-refractivity contribution in [1.29, 1.82) is 0 Å². The molecule has 6 rings (SSSR count). The van der Waals surface area contributed by atoms with Crippen molar-refractivity contribution in [3.05, 3.63) is 135 Å². The lowest BCUT2D eigenvalue weighted by Crippen LogP contribution is -2.39. The summed E-state index contributed by atoms with van der Waals surface area (Å²) < 4.78 is 20.3. The molecule has 1 aliphatic rings. The van der Waals surface area contributed by atoms with Gasteiger partial charge in [-0.25, -0.2) is 9.79 Å². The minimum absolute atomic E-state index is 0.199. The van der Waals surface area contributed by atoms with E-state index in [0.29, 0.717) is 55.9 Å². The standard InChI is InChI=1S/C36H30ClIN2O5S/c1-4-43-27-15-13-23(14-16-27)32-31(35(42)44-5-2)21(3)39-36-40(32)34(41)30(46-36)18-25-17-26(37)19-29(38)33(25)45-20-24-11-8-10-22-9-6-7-12-28(22)24/h6-19,32H,4-5,20H2,1-3H3/b30-18-/t32-/m0/s1. The van der Waals surface area contributed by atoms with Crippen LogP contribution >= 0.6 is 45.5 Å². The molecule has 5 aromatic rings. The largest absolute Gasteiger partial charge is 0.494 e. The van der Waals surface area contributed by atoms with Gasteiger partial charge in [-0.3, -0.25) is 9.36 Å². The van der Waals surface area contributed by atoms with Gasteiger partial charge in [0.1, 0.15) is 18.1 Å². The fourth-order valence-electron chi connectivity index (χ4n) is 5.57. The summed E-state index contributed by atoms with van der Waals surface area (Å²) in [5, 5.41) is 2.77. The Labute approximate surface area is 288 Å². The third kappa shape index (κ3) is 6.36. The highest BCUT2D eigenvalue weighted by atomic mass is 127. The number of carbonyl (C=O) groups excluding carboxylic acids is 1. The maximum Gasteiger partial charge on any atom is 0.338 e. The van der Waals surface area contributed by atoms with Crippen molar-refractivity contribution in [3.8, 4) is 11.5 Å². The molecular weight excluding hydrogens is 735 g/mol. The van der Waals surface area contributed by atoms with E-state index >= 15 is 0 Å². The van der Waals surface area contributed by atoms with Gasteiger partial charge in [-0.2, -0.15) is 0 Å². The number of allylic oxidation sites excluding steroid dienone is 1. The molecule has 0 fully saturated rings. The molecule has 2 heterocycles. The van der Waals surface area contributed by atoms with Crippen molar-refractivity contribution in [2.45, 2.75) is 33.4 Å². The summed E-state index contributed by atoms with van der Waals surface area (Å²) in [6, 6.07) is 24.6. The van der Waals surface area contributed by atoms with Gasteiger partial charge in [-0.1, -0.05) is 77.5 Å². The Morgan fingerprint density at radius 1 is 1.02 bits per heavy atom. The lowest BCUT2D eigenvalue weighted by Gasteiger charge is -2.24. The molecule has 46 heavy (non-hydrogen) atoms. The molecule has 1 aliphatic heterocycles. The summed E-state index contributed by atoms with van der Waals surface area (Å²) in [5.41, 5.74) is 2.99. The minimum atomic E-state index is -0.727. The molecule has 0 amide bonds. The topological polar surface area (TPSA) is 79.1 Å². The normalized spacial score (nSPS) is 14.6. The van der Waals surface area contributed by atoms with Gasteiger partial charge in [0.05, 0.1) is 38.6 Å². The van der Waals surface area contributed by atoms with Crippen molar-refractivity contribution in [2.24, 2.45) is 4.99 Å². The monoisotopic (exact) mass is 764 g/mol. The van der Waals surface area contributed by atoms with E-state index in [4.69, 9.17) is 30.8 Å². The Morgan fingerprint density at radius 3 is 2.54 bits per heavy atom.